The van der Waals surface area contributed by atoms with Gasteiger partial charge in [-0.3, -0.25) is 4.57 Å². The molecule has 4 heterocycles. The molecule has 3 aromatic heterocycles. The van der Waals surface area contributed by atoms with Crippen LogP contribution in [0.15, 0.2) is 42.9 Å². The standard InChI is InChI=1S/C23H21N5OS/c1-15-22-26-25-16(2)28(22)23-20(13-29-15)19(11-17-7-5-4-6-8-17)21(30-23)10-9-18-12-24-14-27(18)3/h4-8,12,14-15H,11,13H2,1-3H3/t15-/m0/s1. The van der Waals surface area contributed by atoms with Gasteiger partial charge >= 0.3 is 0 Å². The van der Waals surface area contributed by atoms with E-state index in [1.54, 1.807) is 23.9 Å². The molecular weight excluding hydrogens is 394 g/mol. The first-order valence-corrected chi connectivity index (χ1v) is 10.6. The number of aromatic nitrogens is 5. The van der Waals surface area contributed by atoms with Crippen LogP contribution in [0.25, 0.3) is 5.00 Å². The van der Waals surface area contributed by atoms with Crippen LogP contribution in [0.5, 0.6) is 0 Å². The highest BCUT2D eigenvalue weighted by Gasteiger charge is 2.28. The maximum absolute atomic E-state index is 6.15. The highest BCUT2D eigenvalue weighted by Crippen LogP contribution is 2.39. The van der Waals surface area contributed by atoms with Crippen LogP contribution in [0, 0.1) is 18.8 Å². The number of imidazole rings is 1. The van der Waals surface area contributed by atoms with Crippen LogP contribution in [-0.2, 0) is 24.8 Å². The average Bonchev–Trinajstić information content (AvgIpc) is 3.40. The number of hydrogen-bond donors (Lipinski definition) is 0. The number of rotatable bonds is 2. The molecule has 5 rings (SSSR count). The minimum atomic E-state index is -0.112. The van der Waals surface area contributed by atoms with E-state index in [1.807, 2.05) is 31.5 Å². The lowest BCUT2D eigenvalue weighted by molar-refractivity contribution is 0.0493. The number of nitrogens with zero attached hydrogens (tertiary/aromatic N) is 5. The Bertz CT molecular complexity index is 1270. The Morgan fingerprint density at radius 1 is 1.20 bits per heavy atom. The van der Waals surface area contributed by atoms with Gasteiger partial charge in [-0.1, -0.05) is 30.3 Å². The second-order valence-electron chi connectivity index (χ2n) is 7.39. The van der Waals surface area contributed by atoms with Crippen LogP contribution in [0.3, 0.4) is 0 Å². The van der Waals surface area contributed by atoms with Gasteiger partial charge in [-0.25, -0.2) is 4.98 Å². The molecule has 1 atom stereocenters. The first-order chi connectivity index (χ1) is 14.6. The zero-order valence-electron chi connectivity index (χ0n) is 17.1. The fourth-order valence-electron chi connectivity index (χ4n) is 3.68. The van der Waals surface area contributed by atoms with E-state index in [-0.39, 0.29) is 6.10 Å². The molecule has 4 aromatic rings. The van der Waals surface area contributed by atoms with Crippen LogP contribution >= 0.6 is 11.3 Å². The molecule has 0 spiro atoms. The van der Waals surface area contributed by atoms with Gasteiger partial charge in [0, 0.05) is 12.6 Å². The van der Waals surface area contributed by atoms with E-state index in [9.17, 15) is 0 Å². The molecule has 7 heteroatoms. The van der Waals surface area contributed by atoms with E-state index >= 15 is 0 Å². The molecule has 0 bridgehead atoms. The smallest absolute Gasteiger partial charge is 0.167 e. The van der Waals surface area contributed by atoms with E-state index in [0.717, 1.165) is 33.6 Å². The van der Waals surface area contributed by atoms with Crippen molar-refractivity contribution in [3.05, 3.63) is 81.8 Å². The molecule has 150 valence electrons. The number of thiophene rings is 1. The predicted octanol–water partition coefficient (Wildman–Crippen LogP) is 3.95. The number of fused-ring (bicyclic) bond motifs is 3. The third kappa shape index (κ3) is 3.24. The zero-order valence-corrected chi connectivity index (χ0v) is 17.9. The average molecular weight is 416 g/mol. The summed E-state index contributed by atoms with van der Waals surface area (Å²) in [6.07, 6.45) is 4.24. The Balaban J connectivity index is 1.69. The molecule has 0 radical (unpaired) electrons. The summed E-state index contributed by atoms with van der Waals surface area (Å²) in [6, 6.07) is 10.5. The first-order valence-electron chi connectivity index (χ1n) is 9.82. The minimum absolute atomic E-state index is 0.112. The first kappa shape index (κ1) is 18.8. The van der Waals surface area contributed by atoms with Gasteiger partial charge in [-0.15, -0.1) is 21.5 Å². The van der Waals surface area contributed by atoms with Gasteiger partial charge in [0.2, 0.25) is 0 Å². The Labute approximate surface area is 179 Å². The Morgan fingerprint density at radius 2 is 2.03 bits per heavy atom. The Hall–Kier alpha value is -3.21. The minimum Gasteiger partial charge on any atom is -0.366 e. The molecule has 1 aliphatic rings. The van der Waals surface area contributed by atoms with Crippen LogP contribution in [-0.4, -0.2) is 24.3 Å². The molecule has 0 saturated heterocycles. The lowest BCUT2D eigenvalue weighted by atomic mass is 10.0. The molecule has 0 unspecified atom stereocenters. The summed E-state index contributed by atoms with van der Waals surface area (Å²) in [5, 5.41) is 9.78. The van der Waals surface area contributed by atoms with Crippen molar-refractivity contribution < 1.29 is 4.74 Å². The third-order valence-corrected chi connectivity index (χ3v) is 6.51. The largest absolute Gasteiger partial charge is 0.366 e. The molecular formula is C23H21N5OS. The highest BCUT2D eigenvalue weighted by atomic mass is 32.1. The van der Waals surface area contributed by atoms with Crippen molar-refractivity contribution in [2.75, 3.05) is 0 Å². The van der Waals surface area contributed by atoms with Gasteiger partial charge in [-0.05, 0) is 43.2 Å². The summed E-state index contributed by atoms with van der Waals surface area (Å²) < 4.78 is 10.2. The molecule has 0 saturated carbocycles. The summed E-state index contributed by atoms with van der Waals surface area (Å²) in [4.78, 5) is 5.21. The molecule has 30 heavy (non-hydrogen) atoms. The van der Waals surface area contributed by atoms with Crippen molar-refractivity contribution >= 4 is 11.3 Å². The number of hydrogen-bond acceptors (Lipinski definition) is 5. The van der Waals surface area contributed by atoms with Crippen molar-refractivity contribution in [3.8, 4) is 16.8 Å². The summed E-state index contributed by atoms with van der Waals surface area (Å²) in [6.45, 7) is 4.54. The molecule has 6 nitrogen and oxygen atoms in total. The molecule has 0 fully saturated rings. The maximum atomic E-state index is 6.15. The van der Waals surface area contributed by atoms with E-state index in [4.69, 9.17) is 4.74 Å². The summed E-state index contributed by atoms with van der Waals surface area (Å²) in [7, 11) is 1.95. The SMILES string of the molecule is Cc1nnc2n1-c1sc(C#Cc3cncn3C)c(Cc3ccccc3)c1CO[C@H]2C. The quantitative estimate of drug-likeness (QED) is 0.465. The Morgan fingerprint density at radius 3 is 2.80 bits per heavy atom. The fourth-order valence-corrected chi connectivity index (χ4v) is 4.91. The van der Waals surface area contributed by atoms with Crippen LogP contribution in [0.2, 0.25) is 0 Å². The van der Waals surface area contributed by atoms with Gasteiger partial charge < -0.3 is 9.30 Å². The topological polar surface area (TPSA) is 57.8 Å². The second-order valence-corrected chi connectivity index (χ2v) is 8.39. The number of aryl methyl sites for hydroxylation is 2. The normalized spacial score (nSPS) is 15.1. The molecule has 0 aliphatic carbocycles. The van der Waals surface area contributed by atoms with Gasteiger partial charge in [0.25, 0.3) is 0 Å². The van der Waals surface area contributed by atoms with Crippen molar-refractivity contribution in [2.45, 2.75) is 33.0 Å². The lowest BCUT2D eigenvalue weighted by Crippen LogP contribution is -2.04. The van der Waals surface area contributed by atoms with E-state index < -0.39 is 0 Å². The van der Waals surface area contributed by atoms with Crippen molar-refractivity contribution in [1.82, 2.24) is 24.3 Å². The van der Waals surface area contributed by atoms with Gasteiger partial charge in [-0.2, -0.15) is 0 Å². The number of benzene rings is 1. The van der Waals surface area contributed by atoms with E-state index in [1.165, 1.54) is 16.7 Å². The van der Waals surface area contributed by atoms with Gasteiger partial charge in [0.15, 0.2) is 5.82 Å². The van der Waals surface area contributed by atoms with Crippen LogP contribution in [0.4, 0.5) is 0 Å². The lowest BCUT2D eigenvalue weighted by Gasteiger charge is -2.09. The molecule has 1 aliphatic heterocycles. The van der Waals surface area contributed by atoms with Crippen LogP contribution in [0.1, 0.15) is 51.9 Å². The second kappa shape index (κ2) is 7.56. The highest BCUT2D eigenvalue weighted by molar-refractivity contribution is 7.15. The van der Waals surface area contributed by atoms with Gasteiger partial charge in [0.1, 0.15) is 22.6 Å². The molecule has 0 amide bonds. The summed E-state index contributed by atoms with van der Waals surface area (Å²) in [5.41, 5.74) is 4.52. The molecule has 1 aromatic carbocycles. The number of ether oxygens (including phenoxy) is 1. The van der Waals surface area contributed by atoms with E-state index in [0.29, 0.717) is 6.61 Å². The third-order valence-electron chi connectivity index (χ3n) is 5.33. The fraction of sp³-hybridized carbons (Fsp3) is 0.261. The summed E-state index contributed by atoms with van der Waals surface area (Å²) >= 11 is 1.69. The molecule has 0 N–H and O–H groups in total. The van der Waals surface area contributed by atoms with Gasteiger partial charge in [0.05, 0.1) is 24.0 Å². The van der Waals surface area contributed by atoms with Crippen molar-refractivity contribution in [2.24, 2.45) is 7.05 Å². The van der Waals surface area contributed by atoms with Crippen LogP contribution < -0.4 is 0 Å². The summed E-state index contributed by atoms with van der Waals surface area (Å²) in [5.74, 6) is 8.39. The maximum Gasteiger partial charge on any atom is 0.167 e. The predicted molar refractivity (Wildman–Crippen MR) is 116 cm³/mol. The van der Waals surface area contributed by atoms with E-state index in [2.05, 4.69) is 55.9 Å². The zero-order chi connectivity index (χ0) is 20.7. The monoisotopic (exact) mass is 415 g/mol. The van der Waals surface area contributed by atoms with Crippen molar-refractivity contribution in [1.29, 1.82) is 0 Å². The van der Waals surface area contributed by atoms with Crippen molar-refractivity contribution in [3.63, 3.8) is 0 Å². The Kier molecular flexibility index (Phi) is 4.74.